The molecule has 0 spiro atoms. The molecule has 0 bridgehead atoms. The lowest BCUT2D eigenvalue weighted by Gasteiger charge is -1.96. The molecule has 0 saturated carbocycles. The second-order valence-electron chi connectivity index (χ2n) is 2.80. The molecule has 0 heterocycles. The Morgan fingerprint density at radius 2 is 1.31 bits per heavy atom. The van der Waals surface area contributed by atoms with E-state index in [0.717, 1.165) is 6.42 Å². The van der Waals surface area contributed by atoms with E-state index in [9.17, 15) is 14.4 Å². The smallest absolute Gasteiger partial charge is 0.306 e. The molecule has 0 atom stereocenters. The van der Waals surface area contributed by atoms with Crippen molar-refractivity contribution in [2.45, 2.75) is 32.6 Å². The number of rotatable bonds is 5. The highest BCUT2D eigenvalue weighted by Gasteiger charge is 2.05. The van der Waals surface area contributed by atoms with Gasteiger partial charge in [-0.1, -0.05) is 6.92 Å². The molecule has 94 valence electrons. The van der Waals surface area contributed by atoms with Gasteiger partial charge in [-0.3, -0.25) is 14.4 Å². The van der Waals surface area contributed by atoms with Crippen molar-refractivity contribution in [3.63, 3.8) is 0 Å². The minimum atomic E-state index is -0.711. The molecule has 0 aliphatic heterocycles. The summed E-state index contributed by atoms with van der Waals surface area (Å²) in [5.74, 6) is -1.51. The van der Waals surface area contributed by atoms with Crippen LogP contribution in [-0.4, -0.2) is 37.2 Å². The molecule has 0 aliphatic carbocycles. The van der Waals surface area contributed by atoms with Crippen LogP contribution in [0.25, 0.3) is 0 Å². The van der Waals surface area contributed by atoms with E-state index in [0.29, 0.717) is 6.42 Å². The zero-order chi connectivity index (χ0) is 13.0. The van der Waals surface area contributed by atoms with Crippen LogP contribution in [0.15, 0.2) is 0 Å². The average molecular weight is 234 g/mol. The largest absolute Gasteiger partial charge is 0.481 e. The quantitative estimate of drug-likeness (QED) is 0.713. The van der Waals surface area contributed by atoms with E-state index in [-0.39, 0.29) is 12.8 Å². The maximum Gasteiger partial charge on any atom is 0.306 e. The second-order valence-corrected chi connectivity index (χ2v) is 2.80. The molecule has 0 aromatic carbocycles. The second kappa shape index (κ2) is 11.5. The van der Waals surface area contributed by atoms with Crippen molar-refractivity contribution < 1.29 is 29.0 Å². The van der Waals surface area contributed by atoms with Crippen molar-refractivity contribution in [1.82, 2.24) is 0 Å². The Morgan fingerprint density at radius 3 is 1.44 bits per heavy atom. The van der Waals surface area contributed by atoms with E-state index >= 15 is 0 Å². The highest BCUT2D eigenvalue weighted by atomic mass is 16.5. The van der Waals surface area contributed by atoms with Crippen molar-refractivity contribution in [3.05, 3.63) is 0 Å². The summed E-state index contributed by atoms with van der Waals surface area (Å²) in [6.45, 7) is 1.84. The summed E-state index contributed by atoms with van der Waals surface area (Å²) < 4.78 is 8.60. The van der Waals surface area contributed by atoms with Crippen LogP contribution in [-0.2, 0) is 23.9 Å². The maximum atomic E-state index is 10.4. The number of carboxylic acid groups (broad SMARTS) is 1. The molecule has 6 nitrogen and oxygen atoms in total. The van der Waals surface area contributed by atoms with Gasteiger partial charge in [0.25, 0.3) is 0 Å². The normalized spacial score (nSPS) is 8.44. The summed E-state index contributed by atoms with van der Waals surface area (Å²) in [4.78, 5) is 30.4. The van der Waals surface area contributed by atoms with Gasteiger partial charge in [-0.05, 0) is 6.42 Å². The standard InChI is InChI=1S/C6H10O4.C4H8O2/c1-9-5(7)3-4-6(8)10-2;1-2-3-4(5)6/h3-4H2,1-2H3;2-3H2,1H3,(H,5,6). The zero-order valence-electron chi connectivity index (χ0n) is 9.82. The predicted octanol–water partition coefficient (Wildman–Crippen LogP) is 0.984. The van der Waals surface area contributed by atoms with Gasteiger partial charge in [0.2, 0.25) is 0 Å². The summed E-state index contributed by atoms with van der Waals surface area (Å²) in [6, 6.07) is 0. The fourth-order valence-electron chi connectivity index (χ4n) is 0.622. The minimum absolute atomic E-state index is 0.0865. The lowest BCUT2D eigenvalue weighted by molar-refractivity contribution is -0.147. The van der Waals surface area contributed by atoms with E-state index in [1.807, 2.05) is 6.92 Å². The van der Waals surface area contributed by atoms with Crippen molar-refractivity contribution in [1.29, 1.82) is 0 Å². The molecule has 0 radical (unpaired) electrons. The molecule has 16 heavy (non-hydrogen) atoms. The molecule has 0 fully saturated rings. The summed E-state index contributed by atoms with van der Waals surface area (Å²) >= 11 is 0. The fraction of sp³-hybridized carbons (Fsp3) is 0.700. The Balaban J connectivity index is 0. The molecular weight excluding hydrogens is 216 g/mol. The van der Waals surface area contributed by atoms with Gasteiger partial charge in [0, 0.05) is 6.42 Å². The number of methoxy groups -OCH3 is 2. The third kappa shape index (κ3) is 14.9. The van der Waals surface area contributed by atoms with E-state index in [2.05, 4.69) is 9.47 Å². The van der Waals surface area contributed by atoms with Crippen molar-refractivity contribution in [3.8, 4) is 0 Å². The third-order valence-electron chi connectivity index (χ3n) is 1.45. The molecule has 0 aromatic rings. The Morgan fingerprint density at radius 1 is 0.938 bits per heavy atom. The van der Waals surface area contributed by atoms with Gasteiger partial charge < -0.3 is 14.6 Å². The van der Waals surface area contributed by atoms with Crippen molar-refractivity contribution in [2.24, 2.45) is 0 Å². The SMILES string of the molecule is CCCC(=O)O.COC(=O)CCC(=O)OC. The first-order chi connectivity index (χ1) is 7.47. The van der Waals surface area contributed by atoms with Crippen LogP contribution in [0.5, 0.6) is 0 Å². The van der Waals surface area contributed by atoms with Gasteiger partial charge >= 0.3 is 17.9 Å². The number of carboxylic acids is 1. The Bertz CT molecular complexity index is 207. The van der Waals surface area contributed by atoms with Gasteiger partial charge in [0.05, 0.1) is 27.1 Å². The summed E-state index contributed by atoms with van der Waals surface area (Å²) in [5.41, 5.74) is 0. The molecule has 1 N–H and O–H groups in total. The minimum Gasteiger partial charge on any atom is -0.481 e. The van der Waals surface area contributed by atoms with Crippen LogP contribution in [0.1, 0.15) is 32.6 Å². The van der Waals surface area contributed by atoms with E-state index in [4.69, 9.17) is 5.11 Å². The first kappa shape index (κ1) is 16.8. The van der Waals surface area contributed by atoms with Gasteiger partial charge in [0.15, 0.2) is 0 Å². The summed E-state index contributed by atoms with van der Waals surface area (Å²) in [6.07, 6.45) is 1.20. The highest BCUT2D eigenvalue weighted by molar-refractivity contribution is 5.77. The molecular formula is C10H18O6. The number of ether oxygens (including phenoxy) is 2. The van der Waals surface area contributed by atoms with Crippen LogP contribution < -0.4 is 0 Å². The van der Waals surface area contributed by atoms with Gasteiger partial charge in [-0.15, -0.1) is 0 Å². The van der Waals surface area contributed by atoms with Crippen LogP contribution in [0.4, 0.5) is 0 Å². The topological polar surface area (TPSA) is 89.9 Å². The maximum absolute atomic E-state index is 10.4. The van der Waals surface area contributed by atoms with Crippen molar-refractivity contribution >= 4 is 17.9 Å². The third-order valence-corrected chi connectivity index (χ3v) is 1.45. The number of esters is 2. The number of carbonyl (C=O) groups is 3. The van der Waals surface area contributed by atoms with Crippen LogP contribution in [0.2, 0.25) is 0 Å². The molecule has 6 heteroatoms. The van der Waals surface area contributed by atoms with E-state index < -0.39 is 17.9 Å². The van der Waals surface area contributed by atoms with Crippen LogP contribution in [0.3, 0.4) is 0 Å². The molecule has 0 saturated heterocycles. The number of hydrogen-bond donors (Lipinski definition) is 1. The summed E-state index contributed by atoms with van der Waals surface area (Å²) in [7, 11) is 2.55. The predicted molar refractivity (Wildman–Crippen MR) is 55.8 cm³/mol. The first-order valence-electron chi connectivity index (χ1n) is 4.83. The lowest BCUT2D eigenvalue weighted by Crippen LogP contribution is -2.06. The Labute approximate surface area is 94.5 Å². The number of aliphatic carboxylic acids is 1. The van der Waals surface area contributed by atoms with Crippen LogP contribution in [0, 0.1) is 0 Å². The zero-order valence-corrected chi connectivity index (χ0v) is 9.82. The fourth-order valence-corrected chi connectivity index (χ4v) is 0.622. The van der Waals surface area contributed by atoms with Crippen molar-refractivity contribution in [2.75, 3.05) is 14.2 Å². The Hall–Kier alpha value is -1.59. The van der Waals surface area contributed by atoms with E-state index in [1.54, 1.807) is 0 Å². The highest BCUT2D eigenvalue weighted by Crippen LogP contribution is 1.92. The van der Waals surface area contributed by atoms with Gasteiger partial charge in [-0.2, -0.15) is 0 Å². The van der Waals surface area contributed by atoms with Gasteiger partial charge in [-0.25, -0.2) is 0 Å². The number of hydrogen-bond acceptors (Lipinski definition) is 5. The molecule has 0 aromatic heterocycles. The molecule has 0 amide bonds. The molecule has 0 rings (SSSR count). The molecule has 0 aliphatic rings. The lowest BCUT2D eigenvalue weighted by atomic mass is 10.3. The molecule has 0 unspecified atom stereocenters. The van der Waals surface area contributed by atoms with Crippen LogP contribution >= 0.6 is 0 Å². The van der Waals surface area contributed by atoms with E-state index in [1.165, 1.54) is 14.2 Å². The average Bonchev–Trinajstić information content (AvgIpc) is 2.25. The monoisotopic (exact) mass is 234 g/mol. The van der Waals surface area contributed by atoms with Gasteiger partial charge in [0.1, 0.15) is 0 Å². The summed E-state index contributed by atoms with van der Waals surface area (Å²) in [5, 5.41) is 7.91. The first-order valence-corrected chi connectivity index (χ1v) is 4.83. The Kier molecular flexibility index (Phi) is 12.1. The number of carbonyl (C=O) groups excluding carboxylic acids is 2.